The number of carbonyl (C=O) groups excluding carboxylic acids is 2. The molecule has 1 aliphatic heterocycles. The monoisotopic (exact) mass is 478 g/mol. The molecular formula is C22H20Cl2N2O4S. The van der Waals surface area contributed by atoms with Gasteiger partial charge in [0.15, 0.2) is 16.6 Å². The number of carbonyl (C=O) groups is 2. The van der Waals surface area contributed by atoms with Crippen molar-refractivity contribution in [2.75, 3.05) is 12.0 Å². The molecule has 0 saturated carbocycles. The molecule has 31 heavy (non-hydrogen) atoms. The van der Waals surface area contributed by atoms with E-state index in [9.17, 15) is 9.59 Å². The molecule has 0 aliphatic carbocycles. The normalized spacial score (nSPS) is 16.4. The standard InChI is InChI=1S/C22H20Cl2N2O4S/c1-4-12(2)30-19-17(24)10-13(11-18(19)29-3)9-16-20(27)25-22(31)26(21(16)28)15-7-5-14(23)6-8-15/h5-12H,4H2,1-3H3,(H,25,27,31)/b16-9+/t12-/m1/s1. The fraction of sp³-hybridized carbons (Fsp3) is 0.227. The second kappa shape index (κ2) is 9.68. The lowest BCUT2D eigenvalue weighted by molar-refractivity contribution is -0.122. The van der Waals surface area contributed by atoms with Crippen molar-refractivity contribution in [3.05, 3.63) is 57.6 Å². The molecule has 0 unspecified atom stereocenters. The number of hydrogen-bond donors (Lipinski definition) is 1. The average molecular weight is 479 g/mol. The van der Waals surface area contributed by atoms with Crippen LogP contribution < -0.4 is 19.7 Å². The van der Waals surface area contributed by atoms with Crippen LogP contribution in [0.1, 0.15) is 25.8 Å². The number of rotatable bonds is 6. The van der Waals surface area contributed by atoms with Crippen molar-refractivity contribution in [1.82, 2.24) is 5.32 Å². The fourth-order valence-electron chi connectivity index (χ4n) is 2.87. The van der Waals surface area contributed by atoms with E-state index in [1.807, 2.05) is 13.8 Å². The van der Waals surface area contributed by atoms with E-state index in [4.69, 9.17) is 44.9 Å². The molecule has 0 spiro atoms. The Morgan fingerprint density at radius 1 is 1.19 bits per heavy atom. The highest BCUT2D eigenvalue weighted by molar-refractivity contribution is 7.80. The third-order valence-electron chi connectivity index (χ3n) is 4.64. The number of amides is 2. The summed E-state index contributed by atoms with van der Waals surface area (Å²) in [5, 5.41) is 3.35. The van der Waals surface area contributed by atoms with Crippen LogP contribution in [0.5, 0.6) is 11.5 Å². The Morgan fingerprint density at radius 3 is 2.48 bits per heavy atom. The van der Waals surface area contributed by atoms with E-state index in [2.05, 4.69) is 5.32 Å². The van der Waals surface area contributed by atoms with Crippen molar-refractivity contribution in [3.8, 4) is 11.5 Å². The lowest BCUT2D eigenvalue weighted by Gasteiger charge is -2.29. The first-order chi connectivity index (χ1) is 14.7. The number of ether oxygens (including phenoxy) is 2. The van der Waals surface area contributed by atoms with Gasteiger partial charge in [-0.25, -0.2) is 0 Å². The Labute approximate surface area is 195 Å². The SMILES string of the molecule is CC[C@@H](C)Oc1c(Cl)cc(/C=C2\C(=O)NC(=S)N(c3ccc(Cl)cc3)C2=O)cc1OC. The zero-order chi connectivity index (χ0) is 22.7. The maximum Gasteiger partial charge on any atom is 0.270 e. The molecule has 2 aromatic rings. The van der Waals surface area contributed by atoms with Crippen molar-refractivity contribution >= 4 is 64.1 Å². The second-order valence-electron chi connectivity index (χ2n) is 6.81. The number of nitrogens with zero attached hydrogens (tertiary/aromatic N) is 1. The van der Waals surface area contributed by atoms with Crippen LogP contribution in [0.25, 0.3) is 6.08 Å². The molecule has 1 aliphatic rings. The lowest BCUT2D eigenvalue weighted by atomic mass is 10.1. The van der Waals surface area contributed by atoms with Gasteiger partial charge in [-0.3, -0.25) is 19.8 Å². The van der Waals surface area contributed by atoms with Gasteiger partial charge >= 0.3 is 0 Å². The smallest absolute Gasteiger partial charge is 0.270 e. The lowest BCUT2D eigenvalue weighted by Crippen LogP contribution is -2.54. The quantitative estimate of drug-likeness (QED) is 0.359. The van der Waals surface area contributed by atoms with E-state index in [1.165, 1.54) is 18.1 Å². The van der Waals surface area contributed by atoms with Crippen LogP contribution in [0, 0.1) is 0 Å². The van der Waals surface area contributed by atoms with Gasteiger partial charge < -0.3 is 9.47 Å². The number of nitrogens with one attached hydrogen (secondary N) is 1. The van der Waals surface area contributed by atoms with Crippen LogP contribution in [0.4, 0.5) is 5.69 Å². The van der Waals surface area contributed by atoms with E-state index in [1.54, 1.807) is 36.4 Å². The van der Waals surface area contributed by atoms with Crippen molar-refractivity contribution in [3.63, 3.8) is 0 Å². The molecule has 0 radical (unpaired) electrons. The average Bonchev–Trinajstić information content (AvgIpc) is 2.73. The highest BCUT2D eigenvalue weighted by Crippen LogP contribution is 2.38. The van der Waals surface area contributed by atoms with Gasteiger partial charge in [0.25, 0.3) is 11.8 Å². The summed E-state index contributed by atoms with van der Waals surface area (Å²) in [6.45, 7) is 3.92. The largest absolute Gasteiger partial charge is 0.493 e. The minimum atomic E-state index is -0.602. The summed E-state index contributed by atoms with van der Waals surface area (Å²) in [5.41, 5.74) is 0.885. The number of halogens is 2. The topological polar surface area (TPSA) is 67.9 Å². The van der Waals surface area contributed by atoms with Crippen molar-refractivity contribution in [2.45, 2.75) is 26.4 Å². The van der Waals surface area contributed by atoms with Gasteiger partial charge in [-0.05, 0) is 73.6 Å². The molecule has 6 nitrogen and oxygen atoms in total. The summed E-state index contributed by atoms with van der Waals surface area (Å²) in [6.07, 6.45) is 2.17. The molecular weight excluding hydrogens is 459 g/mol. The van der Waals surface area contributed by atoms with E-state index >= 15 is 0 Å². The van der Waals surface area contributed by atoms with Gasteiger partial charge in [0.05, 0.1) is 23.9 Å². The van der Waals surface area contributed by atoms with Crippen LogP contribution in [-0.4, -0.2) is 30.1 Å². The molecule has 0 bridgehead atoms. The van der Waals surface area contributed by atoms with Gasteiger partial charge in [0.1, 0.15) is 5.57 Å². The van der Waals surface area contributed by atoms with Crippen molar-refractivity contribution < 1.29 is 19.1 Å². The summed E-state index contributed by atoms with van der Waals surface area (Å²) >= 11 is 17.5. The number of benzene rings is 2. The molecule has 2 amide bonds. The zero-order valence-corrected chi connectivity index (χ0v) is 19.4. The van der Waals surface area contributed by atoms with Crippen molar-refractivity contribution in [1.29, 1.82) is 0 Å². The molecule has 1 heterocycles. The molecule has 1 fully saturated rings. The number of hydrogen-bond acceptors (Lipinski definition) is 5. The summed E-state index contributed by atoms with van der Waals surface area (Å²) in [7, 11) is 1.49. The van der Waals surface area contributed by atoms with E-state index in [0.717, 1.165) is 6.42 Å². The molecule has 0 aromatic heterocycles. The molecule has 162 valence electrons. The maximum absolute atomic E-state index is 13.1. The Morgan fingerprint density at radius 2 is 1.87 bits per heavy atom. The molecule has 1 atom stereocenters. The van der Waals surface area contributed by atoms with Crippen molar-refractivity contribution in [2.24, 2.45) is 0 Å². The van der Waals surface area contributed by atoms with Crippen LogP contribution in [0.2, 0.25) is 10.0 Å². The van der Waals surface area contributed by atoms with E-state index in [-0.39, 0.29) is 16.8 Å². The van der Waals surface area contributed by atoms with Gasteiger partial charge in [-0.2, -0.15) is 0 Å². The highest BCUT2D eigenvalue weighted by Gasteiger charge is 2.34. The number of anilines is 1. The van der Waals surface area contributed by atoms with Crippen LogP contribution in [0.3, 0.4) is 0 Å². The van der Waals surface area contributed by atoms with Crippen LogP contribution in [0.15, 0.2) is 42.0 Å². The molecule has 2 aromatic carbocycles. The fourth-order valence-corrected chi connectivity index (χ4v) is 3.54. The first kappa shape index (κ1) is 23.1. The van der Waals surface area contributed by atoms with Gasteiger partial charge in [-0.15, -0.1) is 0 Å². The Kier molecular flexibility index (Phi) is 7.20. The zero-order valence-electron chi connectivity index (χ0n) is 17.1. The summed E-state index contributed by atoms with van der Waals surface area (Å²) in [5.74, 6) is -0.362. The summed E-state index contributed by atoms with van der Waals surface area (Å²) in [4.78, 5) is 26.9. The minimum absolute atomic E-state index is 0.0117. The molecule has 1 N–H and O–H groups in total. The van der Waals surface area contributed by atoms with E-state index < -0.39 is 11.8 Å². The predicted octanol–water partition coefficient (Wildman–Crippen LogP) is 5.01. The van der Waals surface area contributed by atoms with Crippen LogP contribution >= 0.6 is 35.4 Å². The first-order valence-electron chi connectivity index (χ1n) is 9.46. The van der Waals surface area contributed by atoms with Gasteiger partial charge in [0, 0.05) is 5.02 Å². The maximum atomic E-state index is 13.1. The third kappa shape index (κ3) is 5.01. The summed E-state index contributed by atoms with van der Waals surface area (Å²) in [6, 6.07) is 9.80. The molecule has 1 saturated heterocycles. The minimum Gasteiger partial charge on any atom is -0.493 e. The van der Waals surface area contributed by atoms with Crippen LogP contribution in [-0.2, 0) is 9.59 Å². The second-order valence-corrected chi connectivity index (χ2v) is 8.04. The molecule has 9 heteroatoms. The van der Waals surface area contributed by atoms with Gasteiger partial charge in [-0.1, -0.05) is 30.1 Å². The number of thiocarbonyl (C=S) groups is 1. The van der Waals surface area contributed by atoms with E-state index in [0.29, 0.717) is 32.8 Å². The predicted molar refractivity (Wildman–Crippen MR) is 126 cm³/mol. The first-order valence-corrected chi connectivity index (χ1v) is 10.6. The summed E-state index contributed by atoms with van der Waals surface area (Å²) < 4.78 is 11.2. The highest BCUT2D eigenvalue weighted by atomic mass is 35.5. The van der Waals surface area contributed by atoms with Gasteiger partial charge in [0.2, 0.25) is 0 Å². The molecule has 3 rings (SSSR count). The Balaban J connectivity index is 2.00. The third-order valence-corrected chi connectivity index (χ3v) is 5.46. The Bertz CT molecular complexity index is 1070. The number of methoxy groups -OCH3 is 1. The Hall–Kier alpha value is -2.61.